The van der Waals surface area contributed by atoms with E-state index in [9.17, 15) is 0 Å². The van der Waals surface area contributed by atoms with Crippen LogP contribution in [0.2, 0.25) is 0 Å². The topological polar surface area (TPSA) is 199 Å². The van der Waals surface area contributed by atoms with Gasteiger partial charge >= 0.3 is 0 Å². The molecule has 0 fully saturated rings. The summed E-state index contributed by atoms with van der Waals surface area (Å²) in [5.74, 6) is 0. The Morgan fingerprint density at radius 2 is 0.367 bits per heavy atom. The van der Waals surface area contributed by atoms with E-state index in [2.05, 4.69) is 18.9 Å². The second kappa shape index (κ2) is 56.9. The van der Waals surface area contributed by atoms with E-state index in [1.807, 2.05) is 0 Å². The van der Waals surface area contributed by atoms with E-state index in [1.54, 1.807) is 0 Å². The molecule has 0 aliphatic carbocycles. The SMILES string of the molecule is OCCOCCO.OCCOCCO.OCCOCCO.OCCOCCO.S.S. The lowest BCUT2D eigenvalue weighted by atomic mass is 10.7. The van der Waals surface area contributed by atoms with E-state index in [0.717, 1.165) is 0 Å². The molecular formula is C16H44O12S2. The molecule has 0 radical (unpaired) electrons. The van der Waals surface area contributed by atoms with Crippen LogP contribution in [0, 0.1) is 0 Å². The Morgan fingerprint density at radius 3 is 0.433 bits per heavy atom. The highest BCUT2D eigenvalue weighted by Crippen LogP contribution is 1.70. The Labute approximate surface area is 192 Å². The number of aliphatic hydroxyl groups is 8. The zero-order valence-electron chi connectivity index (χ0n) is 17.5. The number of hydrogen-bond donors (Lipinski definition) is 8. The second-order valence-corrected chi connectivity index (χ2v) is 4.24. The minimum atomic E-state index is 0. The van der Waals surface area contributed by atoms with Crippen LogP contribution < -0.4 is 0 Å². The standard InChI is InChI=1S/4C4H10O3.2H2S/c4*5-1-3-7-4-2-6;;/h4*5-6H,1-4H2;2*1H2. The third-order valence-corrected chi connectivity index (χ3v) is 1.88. The summed E-state index contributed by atoms with van der Waals surface area (Å²) < 4.78 is 18.5. The van der Waals surface area contributed by atoms with E-state index in [4.69, 9.17) is 40.9 Å². The van der Waals surface area contributed by atoms with Crippen LogP contribution in [0.3, 0.4) is 0 Å². The molecule has 14 heteroatoms. The molecular weight excluding hydrogens is 448 g/mol. The molecule has 0 rings (SSSR count). The summed E-state index contributed by atoms with van der Waals surface area (Å²) in [7, 11) is 0. The Hall–Kier alpha value is 0.220. The Bertz CT molecular complexity index is 155. The first-order chi connectivity index (χ1) is 13.7. The predicted octanol–water partition coefficient (Wildman–Crippen LogP) is -3.82. The lowest BCUT2D eigenvalue weighted by Gasteiger charge is -1.94. The van der Waals surface area contributed by atoms with E-state index in [1.165, 1.54) is 0 Å². The number of ether oxygens (including phenoxy) is 4. The lowest BCUT2D eigenvalue weighted by molar-refractivity contribution is 0.0649. The van der Waals surface area contributed by atoms with Gasteiger partial charge in [-0.3, -0.25) is 0 Å². The summed E-state index contributed by atoms with van der Waals surface area (Å²) in [4.78, 5) is 0. The van der Waals surface area contributed by atoms with E-state index >= 15 is 0 Å². The first-order valence-electron chi connectivity index (χ1n) is 8.84. The van der Waals surface area contributed by atoms with Crippen molar-refractivity contribution in [3.8, 4) is 0 Å². The van der Waals surface area contributed by atoms with Gasteiger partial charge in [-0.25, -0.2) is 0 Å². The molecule has 0 aromatic carbocycles. The van der Waals surface area contributed by atoms with Crippen LogP contribution in [0.1, 0.15) is 0 Å². The molecule has 30 heavy (non-hydrogen) atoms. The summed E-state index contributed by atoms with van der Waals surface area (Å²) >= 11 is 0. The summed E-state index contributed by atoms with van der Waals surface area (Å²) in [6.07, 6.45) is 0. The van der Waals surface area contributed by atoms with Crippen LogP contribution in [-0.4, -0.2) is 147 Å². The summed E-state index contributed by atoms with van der Waals surface area (Å²) in [6, 6.07) is 0. The van der Waals surface area contributed by atoms with Crippen LogP contribution in [0.5, 0.6) is 0 Å². The van der Waals surface area contributed by atoms with Crippen LogP contribution in [0.25, 0.3) is 0 Å². The average Bonchev–Trinajstić information content (AvgIpc) is 2.71. The van der Waals surface area contributed by atoms with Gasteiger partial charge in [0.05, 0.1) is 106 Å². The summed E-state index contributed by atoms with van der Waals surface area (Å²) in [5.41, 5.74) is 0. The monoisotopic (exact) mass is 492 g/mol. The van der Waals surface area contributed by atoms with Gasteiger partial charge in [0.2, 0.25) is 0 Å². The summed E-state index contributed by atoms with van der Waals surface area (Å²) in [5, 5.41) is 64.7. The van der Waals surface area contributed by atoms with Crippen molar-refractivity contribution >= 4 is 27.0 Å². The molecule has 0 aromatic heterocycles. The number of rotatable bonds is 16. The van der Waals surface area contributed by atoms with Gasteiger partial charge in [0, 0.05) is 0 Å². The molecule has 8 N–H and O–H groups in total. The van der Waals surface area contributed by atoms with Gasteiger partial charge in [-0.15, -0.1) is 0 Å². The molecule has 0 aromatic rings. The summed E-state index contributed by atoms with van der Waals surface area (Å²) in [6.45, 7) is 2.78. The molecule has 0 aliphatic heterocycles. The maximum absolute atomic E-state index is 8.09. The van der Waals surface area contributed by atoms with E-state index in [-0.39, 0.29) is 79.8 Å². The van der Waals surface area contributed by atoms with Crippen molar-refractivity contribution < 1.29 is 59.8 Å². The average molecular weight is 493 g/mol. The molecule has 0 saturated carbocycles. The van der Waals surface area contributed by atoms with Gasteiger partial charge in [0.25, 0.3) is 0 Å². The van der Waals surface area contributed by atoms with Crippen molar-refractivity contribution in [2.75, 3.05) is 106 Å². The highest BCUT2D eigenvalue weighted by Gasteiger charge is 1.81. The van der Waals surface area contributed by atoms with Gasteiger partial charge in [0.15, 0.2) is 0 Å². The fraction of sp³-hybridized carbons (Fsp3) is 1.00. The first kappa shape index (κ1) is 44.0. The third-order valence-electron chi connectivity index (χ3n) is 1.88. The van der Waals surface area contributed by atoms with Crippen molar-refractivity contribution in [3.05, 3.63) is 0 Å². The van der Waals surface area contributed by atoms with E-state index in [0.29, 0.717) is 52.9 Å². The normalized spacial score (nSPS) is 8.80. The zero-order valence-corrected chi connectivity index (χ0v) is 19.5. The molecule has 0 aliphatic rings. The second-order valence-electron chi connectivity index (χ2n) is 4.24. The van der Waals surface area contributed by atoms with Gasteiger partial charge in [-0.2, -0.15) is 27.0 Å². The smallest absolute Gasteiger partial charge is 0.0698 e. The fourth-order valence-electron chi connectivity index (χ4n) is 0.925. The van der Waals surface area contributed by atoms with Crippen LogP contribution in [0.15, 0.2) is 0 Å². The highest BCUT2D eigenvalue weighted by atomic mass is 32.1. The Balaban J connectivity index is -0.0000000626. The van der Waals surface area contributed by atoms with Gasteiger partial charge in [-0.1, -0.05) is 0 Å². The molecule has 192 valence electrons. The number of aliphatic hydroxyl groups excluding tert-OH is 8. The largest absolute Gasteiger partial charge is 0.394 e. The Kier molecular flexibility index (Phi) is 83.4. The molecule has 0 amide bonds. The van der Waals surface area contributed by atoms with Crippen molar-refractivity contribution in [1.29, 1.82) is 0 Å². The molecule has 0 spiro atoms. The predicted molar refractivity (Wildman–Crippen MR) is 121 cm³/mol. The number of hydrogen-bond acceptors (Lipinski definition) is 12. The van der Waals surface area contributed by atoms with E-state index < -0.39 is 0 Å². The molecule has 0 heterocycles. The highest BCUT2D eigenvalue weighted by molar-refractivity contribution is 7.59. The van der Waals surface area contributed by atoms with Crippen LogP contribution in [0.4, 0.5) is 0 Å². The molecule has 12 nitrogen and oxygen atoms in total. The minimum Gasteiger partial charge on any atom is -0.394 e. The maximum Gasteiger partial charge on any atom is 0.0698 e. The van der Waals surface area contributed by atoms with Gasteiger partial charge in [-0.05, 0) is 0 Å². The van der Waals surface area contributed by atoms with Crippen molar-refractivity contribution in [2.24, 2.45) is 0 Å². The minimum absolute atomic E-state index is 0. The molecule has 0 bridgehead atoms. The first-order valence-corrected chi connectivity index (χ1v) is 8.84. The zero-order chi connectivity index (χ0) is 22.1. The third kappa shape index (κ3) is 79.5. The molecule has 0 atom stereocenters. The van der Waals surface area contributed by atoms with Crippen molar-refractivity contribution in [2.45, 2.75) is 0 Å². The maximum atomic E-state index is 8.09. The van der Waals surface area contributed by atoms with Gasteiger partial charge in [0.1, 0.15) is 0 Å². The quantitative estimate of drug-likeness (QED) is 0.0978. The van der Waals surface area contributed by atoms with Crippen molar-refractivity contribution in [1.82, 2.24) is 0 Å². The van der Waals surface area contributed by atoms with Gasteiger partial charge < -0.3 is 59.8 Å². The lowest BCUT2D eigenvalue weighted by Crippen LogP contribution is -2.03. The van der Waals surface area contributed by atoms with Crippen molar-refractivity contribution in [3.63, 3.8) is 0 Å². The Morgan fingerprint density at radius 1 is 0.267 bits per heavy atom. The van der Waals surface area contributed by atoms with Crippen LogP contribution >= 0.6 is 27.0 Å². The molecule has 0 saturated heterocycles. The van der Waals surface area contributed by atoms with Crippen LogP contribution in [-0.2, 0) is 18.9 Å². The molecule has 0 unspecified atom stereocenters. The fourth-order valence-corrected chi connectivity index (χ4v) is 0.925.